The zero-order valence-electron chi connectivity index (χ0n) is 28.0. The van der Waals surface area contributed by atoms with Gasteiger partial charge >= 0.3 is 18.1 Å². The number of carbonyl (C=O) groups is 3. The molecule has 0 heterocycles. The summed E-state index contributed by atoms with van der Waals surface area (Å²) in [5.41, 5.74) is 19.3. The lowest BCUT2D eigenvalue weighted by atomic mass is 10.2. The van der Waals surface area contributed by atoms with Gasteiger partial charge in [-0.1, -0.05) is 39.1 Å². The first kappa shape index (κ1) is 44.3. The molecule has 3 rings (SSSR count). The highest BCUT2D eigenvalue weighted by atomic mass is 79.9. The van der Waals surface area contributed by atoms with E-state index in [0.29, 0.717) is 37.7 Å². The molecule has 21 heteroatoms. The van der Waals surface area contributed by atoms with Crippen LogP contribution < -0.4 is 49.1 Å². The summed E-state index contributed by atoms with van der Waals surface area (Å²) in [6.07, 6.45) is 0. The van der Waals surface area contributed by atoms with Gasteiger partial charge < -0.3 is 33.2 Å². The molecule has 0 aromatic heterocycles. The van der Waals surface area contributed by atoms with Crippen LogP contribution in [0.5, 0.6) is 0 Å². The second-order valence-corrected chi connectivity index (χ2v) is 12.4. The van der Waals surface area contributed by atoms with E-state index in [2.05, 4.69) is 78.7 Å². The summed E-state index contributed by atoms with van der Waals surface area (Å²) in [6.45, 7) is 5.14. The number of amides is 6. The van der Waals surface area contributed by atoms with E-state index in [-0.39, 0.29) is 28.7 Å². The summed E-state index contributed by atoms with van der Waals surface area (Å²) in [5, 5.41) is 15.1. The Morgan fingerprint density at radius 2 is 0.922 bits per heavy atom. The van der Waals surface area contributed by atoms with Crippen LogP contribution in [0, 0.1) is 32.4 Å². The minimum atomic E-state index is -0.593. The third-order valence-electron chi connectivity index (χ3n) is 5.92. The largest absolute Gasteiger partial charge is 0.370 e. The van der Waals surface area contributed by atoms with Gasteiger partial charge in [0.05, 0.1) is 27.1 Å². The molecule has 0 spiro atoms. The molecule has 3 aromatic carbocycles. The van der Waals surface area contributed by atoms with Gasteiger partial charge in [0.1, 0.15) is 11.6 Å². The number of halogens is 6. The molecule has 0 unspecified atom stereocenters. The second-order valence-electron chi connectivity index (χ2n) is 9.80. The number of hydrogen-bond donors (Lipinski definition) is 9. The zero-order chi connectivity index (χ0) is 39.0. The molecule has 51 heavy (non-hydrogen) atoms. The van der Waals surface area contributed by atoms with Crippen molar-refractivity contribution in [1.29, 1.82) is 0 Å². The molecule has 0 bridgehead atoms. The van der Waals surface area contributed by atoms with E-state index in [1.54, 1.807) is 19.9 Å². The number of anilines is 3. The van der Waals surface area contributed by atoms with Gasteiger partial charge in [-0.05, 0) is 89.8 Å². The lowest BCUT2D eigenvalue weighted by Gasteiger charge is -2.11. The number of nitrogens with zero attached hydrogens (tertiary/aromatic N) is 3. The highest BCUT2D eigenvalue weighted by molar-refractivity contribution is 9.10. The molecule has 0 aliphatic heterocycles. The topological polar surface area (TPSA) is 239 Å². The van der Waals surface area contributed by atoms with Crippen LogP contribution in [0.2, 0.25) is 10.0 Å². The van der Waals surface area contributed by atoms with Crippen LogP contribution in [0.25, 0.3) is 0 Å². The van der Waals surface area contributed by atoms with Crippen LogP contribution in [0.15, 0.2) is 60.3 Å². The van der Waals surface area contributed by atoms with Crippen molar-refractivity contribution < 1.29 is 23.2 Å². The summed E-state index contributed by atoms with van der Waals surface area (Å²) in [6, 6.07) is 6.88. The molecule has 12 N–H and O–H groups in total. The van der Waals surface area contributed by atoms with Gasteiger partial charge in [-0.15, -0.1) is 0 Å². The fraction of sp³-hybridized carbons (Fsp3) is 0.200. The van der Waals surface area contributed by atoms with Crippen molar-refractivity contribution >= 4 is 108 Å². The average Bonchev–Trinajstić information content (AvgIpc) is 3.02. The van der Waals surface area contributed by atoms with Crippen molar-refractivity contribution in [3.8, 4) is 0 Å². The number of urea groups is 3. The number of benzene rings is 3. The van der Waals surface area contributed by atoms with Crippen LogP contribution in [-0.4, -0.2) is 57.1 Å². The van der Waals surface area contributed by atoms with Gasteiger partial charge in [0.25, 0.3) is 0 Å². The monoisotopic (exact) mass is 878 g/mol. The Hall–Kier alpha value is -4.72. The normalized spacial score (nSPS) is 11.2. The fourth-order valence-corrected chi connectivity index (χ4v) is 5.48. The smallest absolute Gasteiger partial charge is 0.326 e. The van der Waals surface area contributed by atoms with Crippen LogP contribution in [0.3, 0.4) is 0 Å². The average molecular weight is 881 g/mol. The van der Waals surface area contributed by atoms with Crippen molar-refractivity contribution in [2.75, 3.05) is 37.1 Å². The predicted octanol–water partition coefficient (Wildman–Crippen LogP) is 6.29. The molecule has 15 nitrogen and oxygen atoms in total. The number of nitrogens with one attached hydrogen (secondary N) is 6. The predicted molar refractivity (Wildman–Crippen MR) is 208 cm³/mol. The molecule has 0 saturated heterocycles. The van der Waals surface area contributed by atoms with Crippen molar-refractivity contribution in [3.05, 3.63) is 83.7 Å². The molecule has 3 aromatic rings. The van der Waals surface area contributed by atoms with Gasteiger partial charge in [0, 0.05) is 30.1 Å². The van der Waals surface area contributed by atoms with Crippen molar-refractivity contribution in [3.63, 3.8) is 0 Å². The third kappa shape index (κ3) is 15.8. The van der Waals surface area contributed by atoms with Crippen molar-refractivity contribution in [2.24, 2.45) is 32.2 Å². The zero-order valence-corrected chi connectivity index (χ0v) is 32.7. The molecular weight excluding hydrogens is 845 g/mol. The summed E-state index contributed by atoms with van der Waals surface area (Å²) in [4.78, 5) is 45.2. The van der Waals surface area contributed by atoms with E-state index < -0.39 is 23.9 Å². The Balaban J connectivity index is 0.000000382. The standard InChI is InChI=1S/C10H12BrClN4O.C10H12BrFN4O.C10H12ClFN4O/c1-5-3-6(11)4-7(12)8(5)15-10(17)16-9(13)14-2;2*1-5-3-6(12)4-7(11)8(5)15-10(17)16-9(13)14-2/h3*3-4H,1-2H3,(H4,13,14,15,16,17). The second kappa shape index (κ2) is 21.5. The molecular formula is C30H36Br2Cl2F2N12O3. The van der Waals surface area contributed by atoms with E-state index in [1.807, 2.05) is 13.0 Å². The molecule has 276 valence electrons. The molecule has 0 aliphatic rings. The maximum absolute atomic E-state index is 13.0. The van der Waals surface area contributed by atoms with Crippen LogP contribution >= 0.6 is 55.1 Å². The molecule has 0 aliphatic carbocycles. The quantitative estimate of drug-likeness (QED) is 0.108. The Morgan fingerprint density at radius 3 is 1.27 bits per heavy atom. The minimum Gasteiger partial charge on any atom is -0.370 e. The summed E-state index contributed by atoms with van der Waals surface area (Å²) < 4.78 is 27.3. The summed E-state index contributed by atoms with van der Waals surface area (Å²) in [5.74, 6) is -0.840. The first-order chi connectivity index (χ1) is 23.8. The summed E-state index contributed by atoms with van der Waals surface area (Å²) >= 11 is 18.3. The molecule has 0 atom stereocenters. The van der Waals surface area contributed by atoms with E-state index in [1.165, 1.54) is 39.3 Å². The van der Waals surface area contributed by atoms with E-state index in [0.717, 1.165) is 16.1 Å². The van der Waals surface area contributed by atoms with Gasteiger partial charge in [0.2, 0.25) is 0 Å². The van der Waals surface area contributed by atoms with E-state index in [9.17, 15) is 23.2 Å². The first-order valence-electron chi connectivity index (χ1n) is 14.1. The maximum Gasteiger partial charge on any atom is 0.326 e. The Bertz CT molecular complexity index is 1570. The van der Waals surface area contributed by atoms with Gasteiger partial charge in [-0.3, -0.25) is 30.9 Å². The Morgan fingerprint density at radius 1 is 0.588 bits per heavy atom. The molecule has 0 saturated carbocycles. The SMILES string of the molecule is CN=C(N)NC(=O)Nc1c(C)cc(Br)cc1Cl.CN=C(N)NC(=O)Nc1c(C)cc(F)cc1Br.CN=C(N)NC(=O)Nc1c(C)cc(F)cc1Cl. The number of aliphatic imine (C=N–C) groups is 3. The fourth-order valence-electron chi connectivity index (χ4n) is 3.53. The molecule has 0 fully saturated rings. The van der Waals surface area contributed by atoms with Crippen molar-refractivity contribution in [1.82, 2.24) is 16.0 Å². The van der Waals surface area contributed by atoms with E-state index >= 15 is 0 Å². The van der Waals surface area contributed by atoms with Crippen molar-refractivity contribution in [2.45, 2.75) is 20.8 Å². The Labute approximate surface area is 319 Å². The lowest BCUT2D eigenvalue weighted by molar-refractivity contribution is 0.255. The van der Waals surface area contributed by atoms with Crippen LogP contribution in [0.1, 0.15) is 16.7 Å². The highest BCUT2D eigenvalue weighted by Crippen LogP contribution is 2.30. The number of rotatable bonds is 3. The molecule has 0 radical (unpaired) electrons. The number of guanidine groups is 3. The number of aryl methyl sites for hydroxylation is 3. The van der Waals surface area contributed by atoms with Crippen LogP contribution in [-0.2, 0) is 0 Å². The first-order valence-corrected chi connectivity index (χ1v) is 16.4. The number of nitrogens with two attached hydrogens (primary N) is 3. The number of carbonyl (C=O) groups excluding carboxylic acids is 3. The molecule has 6 amide bonds. The third-order valence-corrected chi connectivity index (χ3v) is 7.60. The summed E-state index contributed by atoms with van der Waals surface area (Å²) in [7, 11) is 4.37. The minimum absolute atomic E-state index is 0.00149. The van der Waals surface area contributed by atoms with Crippen LogP contribution in [0.4, 0.5) is 40.2 Å². The van der Waals surface area contributed by atoms with E-state index in [4.69, 9.17) is 40.4 Å². The lowest BCUT2D eigenvalue weighted by Crippen LogP contribution is -2.39. The number of hydrogen-bond acceptors (Lipinski definition) is 6. The van der Waals surface area contributed by atoms with Gasteiger partial charge in [-0.2, -0.15) is 0 Å². The maximum atomic E-state index is 13.0. The Kier molecular flexibility index (Phi) is 18.7. The van der Waals surface area contributed by atoms with Gasteiger partial charge in [0.15, 0.2) is 17.9 Å². The highest BCUT2D eigenvalue weighted by Gasteiger charge is 2.13. The van der Waals surface area contributed by atoms with Gasteiger partial charge in [-0.25, -0.2) is 23.2 Å².